The molecule has 0 aliphatic rings. The molecule has 0 fully saturated rings. The van der Waals surface area contributed by atoms with E-state index >= 15 is 0 Å². The lowest BCUT2D eigenvalue weighted by Crippen LogP contribution is -2.24. The molecule has 0 amide bonds. The van der Waals surface area contributed by atoms with Gasteiger partial charge in [-0.25, -0.2) is 0 Å². The van der Waals surface area contributed by atoms with Gasteiger partial charge in [0.25, 0.3) is 0 Å². The van der Waals surface area contributed by atoms with Gasteiger partial charge in [0.1, 0.15) is 0 Å². The van der Waals surface area contributed by atoms with Crippen molar-refractivity contribution in [3.05, 3.63) is 0 Å². The van der Waals surface area contributed by atoms with Gasteiger partial charge in [-0.05, 0) is 19.3 Å². The number of nitrogens with two attached hydrogens (primary N) is 1. The van der Waals surface area contributed by atoms with Crippen LogP contribution in [-0.2, 0) is 0 Å². The molecule has 2 heteroatoms. The molecule has 0 saturated carbocycles. The second-order valence-corrected chi connectivity index (χ2v) is 2.35. The van der Waals surface area contributed by atoms with Crippen molar-refractivity contribution in [2.45, 2.75) is 26.3 Å². The van der Waals surface area contributed by atoms with Gasteiger partial charge in [-0.15, -0.1) is 0 Å². The average Bonchev–Trinajstić information content (AvgIpc) is 1.67. The maximum Gasteiger partial charge on any atom is 0.0434 e. The molecule has 0 rings (SSSR count). The van der Waals surface area contributed by atoms with Crippen molar-refractivity contribution in [1.29, 1.82) is 0 Å². The van der Waals surface area contributed by atoms with Gasteiger partial charge >= 0.3 is 0 Å². The lowest BCUT2D eigenvalue weighted by atomic mass is 10.0. The van der Waals surface area contributed by atoms with E-state index in [9.17, 15) is 0 Å². The summed E-state index contributed by atoms with van der Waals surface area (Å²) in [5.74, 6) is 0.444. The minimum atomic E-state index is 0.210. The van der Waals surface area contributed by atoms with Crippen molar-refractivity contribution in [2.24, 2.45) is 11.7 Å². The molecular weight excluding hydrogens is 102 g/mol. The van der Waals surface area contributed by atoms with Crippen molar-refractivity contribution in [3.63, 3.8) is 0 Å². The van der Waals surface area contributed by atoms with E-state index in [0.717, 1.165) is 6.42 Å². The summed E-state index contributed by atoms with van der Waals surface area (Å²) in [6.45, 7) is 4.25. The number of aliphatic hydroxyl groups is 1. The molecule has 0 aliphatic carbocycles. The van der Waals surface area contributed by atoms with Crippen LogP contribution < -0.4 is 5.73 Å². The van der Waals surface area contributed by atoms with Gasteiger partial charge in [-0.3, -0.25) is 0 Å². The molecule has 0 saturated heterocycles. The fourth-order valence-electron chi connectivity index (χ4n) is 0.467. The van der Waals surface area contributed by atoms with Gasteiger partial charge in [0.05, 0.1) is 0 Å². The van der Waals surface area contributed by atoms with Crippen LogP contribution in [0.4, 0.5) is 0 Å². The second-order valence-electron chi connectivity index (χ2n) is 2.35. The van der Waals surface area contributed by atoms with Crippen LogP contribution in [0.1, 0.15) is 20.3 Å². The highest BCUT2D eigenvalue weighted by atomic mass is 16.3. The zero-order valence-corrected chi connectivity index (χ0v) is 5.59. The van der Waals surface area contributed by atoms with Gasteiger partial charge in [0, 0.05) is 12.6 Å². The number of hydrogen-bond donors (Lipinski definition) is 2. The zero-order valence-electron chi connectivity index (χ0n) is 5.59. The normalized spacial score (nSPS) is 18.0. The third-order valence-corrected chi connectivity index (χ3v) is 1.48. The van der Waals surface area contributed by atoms with E-state index in [4.69, 9.17) is 10.8 Å². The first-order chi connectivity index (χ1) is 3.68. The molecular formula is C6H15NO. The van der Waals surface area contributed by atoms with E-state index in [1.165, 1.54) is 0 Å². The Morgan fingerprint density at radius 3 is 2.12 bits per heavy atom. The largest absolute Gasteiger partial charge is 0.396 e. The highest BCUT2D eigenvalue weighted by Crippen LogP contribution is 2.03. The van der Waals surface area contributed by atoms with Gasteiger partial charge in [0.15, 0.2) is 0 Å². The van der Waals surface area contributed by atoms with Crippen molar-refractivity contribution in [3.8, 4) is 0 Å². The molecule has 0 aromatic carbocycles. The second kappa shape index (κ2) is 3.87. The summed E-state index contributed by atoms with van der Waals surface area (Å²) in [5, 5.41) is 8.43. The Balaban J connectivity index is 3.17. The molecule has 0 heterocycles. The summed E-state index contributed by atoms with van der Waals surface area (Å²) in [7, 11) is 0. The predicted octanol–water partition coefficient (Wildman–Crippen LogP) is 0.352. The summed E-state index contributed by atoms with van der Waals surface area (Å²) in [6.07, 6.45) is 0.817. The Hall–Kier alpha value is -0.0800. The first-order valence-corrected chi connectivity index (χ1v) is 3.05. The van der Waals surface area contributed by atoms with Crippen LogP contribution in [0.2, 0.25) is 0 Å². The van der Waals surface area contributed by atoms with Crippen molar-refractivity contribution in [1.82, 2.24) is 0 Å². The minimum Gasteiger partial charge on any atom is -0.396 e. The molecule has 50 valence electrons. The van der Waals surface area contributed by atoms with E-state index < -0.39 is 0 Å². The number of rotatable bonds is 3. The van der Waals surface area contributed by atoms with Crippen LogP contribution in [0.5, 0.6) is 0 Å². The van der Waals surface area contributed by atoms with Crippen LogP contribution >= 0.6 is 0 Å². The molecule has 2 nitrogen and oxygen atoms in total. The highest BCUT2D eigenvalue weighted by Gasteiger charge is 2.04. The van der Waals surface area contributed by atoms with Crippen molar-refractivity contribution < 1.29 is 5.11 Å². The smallest absolute Gasteiger partial charge is 0.0434 e. The van der Waals surface area contributed by atoms with Crippen LogP contribution in [0, 0.1) is 5.92 Å². The highest BCUT2D eigenvalue weighted by molar-refractivity contribution is 4.61. The fourth-order valence-corrected chi connectivity index (χ4v) is 0.467. The molecule has 0 radical (unpaired) electrons. The van der Waals surface area contributed by atoms with Gasteiger partial charge in [0.2, 0.25) is 0 Å². The topological polar surface area (TPSA) is 46.2 Å². The molecule has 1 unspecified atom stereocenters. The summed E-state index contributed by atoms with van der Waals surface area (Å²) in [4.78, 5) is 0. The first kappa shape index (κ1) is 7.92. The van der Waals surface area contributed by atoms with Crippen LogP contribution in [-0.4, -0.2) is 17.8 Å². The third-order valence-electron chi connectivity index (χ3n) is 1.48. The van der Waals surface area contributed by atoms with E-state index in [1.54, 1.807) is 0 Å². The minimum absolute atomic E-state index is 0.210. The Kier molecular flexibility index (Phi) is 3.83. The quantitative estimate of drug-likeness (QED) is 0.560. The van der Waals surface area contributed by atoms with Gasteiger partial charge < -0.3 is 10.8 Å². The monoisotopic (exact) mass is 117 g/mol. The van der Waals surface area contributed by atoms with Gasteiger partial charge in [-0.1, -0.05) is 6.92 Å². The van der Waals surface area contributed by atoms with Crippen LogP contribution in [0.15, 0.2) is 0 Å². The van der Waals surface area contributed by atoms with Crippen molar-refractivity contribution >= 4 is 0 Å². The lowest BCUT2D eigenvalue weighted by molar-refractivity contribution is 0.253. The first-order valence-electron chi connectivity index (χ1n) is 3.05. The molecule has 3 N–H and O–H groups in total. The van der Waals surface area contributed by atoms with E-state index in [1.807, 2.05) is 13.8 Å². The Labute approximate surface area is 50.7 Å². The summed E-state index contributed by atoms with van der Waals surface area (Å²) in [6, 6.07) is 0.210. The maximum absolute atomic E-state index is 8.43. The van der Waals surface area contributed by atoms with Crippen LogP contribution in [0.25, 0.3) is 0 Å². The number of hydrogen-bond acceptors (Lipinski definition) is 2. The molecule has 0 aromatic heterocycles. The summed E-state index contributed by atoms with van der Waals surface area (Å²) in [5.41, 5.74) is 5.51. The van der Waals surface area contributed by atoms with E-state index in [2.05, 4.69) is 0 Å². The lowest BCUT2D eigenvalue weighted by Gasteiger charge is -2.12. The summed E-state index contributed by atoms with van der Waals surface area (Å²) >= 11 is 0. The Morgan fingerprint density at radius 1 is 1.50 bits per heavy atom. The molecule has 0 aliphatic heterocycles. The molecule has 0 spiro atoms. The Morgan fingerprint density at radius 2 is 2.00 bits per heavy atom. The molecule has 0 aromatic rings. The molecule has 0 bridgehead atoms. The SMILES string of the molecule is CC(N)[C@@H](C)CCO. The van der Waals surface area contributed by atoms with E-state index in [-0.39, 0.29) is 12.6 Å². The summed E-state index contributed by atoms with van der Waals surface area (Å²) < 4.78 is 0. The Bertz CT molecular complexity index is 54.5. The standard InChI is InChI=1S/C6H15NO/c1-5(3-4-8)6(2)7/h5-6,8H,3-4,7H2,1-2H3/t5-,6?/m0/s1. The fraction of sp³-hybridized carbons (Fsp3) is 1.00. The molecule has 2 atom stereocenters. The number of aliphatic hydroxyl groups excluding tert-OH is 1. The average molecular weight is 117 g/mol. The third kappa shape index (κ3) is 2.99. The van der Waals surface area contributed by atoms with Crippen molar-refractivity contribution in [2.75, 3.05) is 6.61 Å². The van der Waals surface area contributed by atoms with E-state index in [0.29, 0.717) is 5.92 Å². The van der Waals surface area contributed by atoms with Gasteiger partial charge in [-0.2, -0.15) is 0 Å². The maximum atomic E-state index is 8.43. The molecule has 8 heavy (non-hydrogen) atoms. The predicted molar refractivity (Wildman–Crippen MR) is 34.5 cm³/mol. The zero-order chi connectivity index (χ0) is 6.57. The van der Waals surface area contributed by atoms with Crippen LogP contribution in [0.3, 0.4) is 0 Å².